The molecule has 17 heavy (non-hydrogen) atoms. The van der Waals surface area contributed by atoms with Gasteiger partial charge in [0.05, 0.1) is 6.07 Å². The number of carbonyl (C=O) groups is 2. The summed E-state index contributed by atoms with van der Waals surface area (Å²) in [7, 11) is 0. The number of nitrogens with two attached hydrogens (primary N) is 1. The normalized spacial score (nSPS) is 17.0. The molecule has 0 aromatic heterocycles. The monoisotopic (exact) mass is 245 g/mol. The van der Waals surface area contributed by atoms with Gasteiger partial charge in [0, 0.05) is 12.8 Å². The van der Waals surface area contributed by atoms with Crippen molar-refractivity contribution < 1.29 is 18.4 Å². The zero-order valence-electron chi connectivity index (χ0n) is 9.13. The maximum absolute atomic E-state index is 12.8. The van der Waals surface area contributed by atoms with E-state index in [9.17, 15) is 18.4 Å². The number of nitrogens with zero attached hydrogens (tertiary/aromatic N) is 1. The summed E-state index contributed by atoms with van der Waals surface area (Å²) in [6.45, 7) is 0. The second kappa shape index (κ2) is 4.65. The largest absolute Gasteiger partial charge is 0.364 e. The molecule has 0 saturated heterocycles. The number of hydrogen-bond donors (Lipinski definition) is 2. The summed E-state index contributed by atoms with van der Waals surface area (Å²) >= 11 is 0. The topological polar surface area (TPSA) is 96.0 Å². The van der Waals surface area contributed by atoms with Gasteiger partial charge >= 0.3 is 5.92 Å². The summed E-state index contributed by atoms with van der Waals surface area (Å²) < 4.78 is 25.5. The molecule has 0 bridgehead atoms. The first kappa shape index (κ1) is 13.4. The molecule has 1 fully saturated rings. The molecule has 3 N–H and O–H groups in total. The quantitative estimate of drug-likeness (QED) is 0.711. The molecule has 5 nitrogen and oxygen atoms in total. The molecule has 1 aliphatic carbocycles. The first-order valence-electron chi connectivity index (χ1n) is 5.21. The molecule has 0 heterocycles. The molecule has 7 heteroatoms. The summed E-state index contributed by atoms with van der Waals surface area (Å²) in [4.78, 5) is 21.6. The van der Waals surface area contributed by atoms with Gasteiger partial charge in [-0.2, -0.15) is 14.0 Å². The molecule has 0 aromatic carbocycles. The Balaban J connectivity index is 2.26. The molecular formula is C10H13F2N3O2. The summed E-state index contributed by atoms with van der Waals surface area (Å²) in [5.41, 5.74) is 3.70. The third-order valence-electron chi connectivity index (χ3n) is 2.60. The van der Waals surface area contributed by atoms with E-state index >= 15 is 0 Å². The van der Waals surface area contributed by atoms with E-state index in [-0.39, 0.29) is 12.8 Å². The molecular weight excluding hydrogens is 232 g/mol. The van der Waals surface area contributed by atoms with Gasteiger partial charge in [0.1, 0.15) is 5.54 Å². The SMILES string of the molecule is N#CC1(NC(=O)CCCC(F)(F)C(N)=O)CC1. The van der Waals surface area contributed by atoms with E-state index in [0.29, 0.717) is 12.8 Å². The van der Waals surface area contributed by atoms with Crippen molar-refractivity contribution in [1.82, 2.24) is 5.32 Å². The van der Waals surface area contributed by atoms with Gasteiger partial charge < -0.3 is 11.1 Å². The smallest absolute Gasteiger partial charge is 0.324 e. The highest BCUT2D eigenvalue weighted by Crippen LogP contribution is 2.34. The Bertz CT molecular complexity index is 372. The minimum Gasteiger partial charge on any atom is -0.364 e. The highest BCUT2D eigenvalue weighted by Gasteiger charge is 2.44. The lowest BCUT2D eigenvalue weighted by Crippen LogP contribution is -2.37. The Morgan fingerprint density at radius 2 is 2.06 bits per heavy atom. The number of alkyl halides is 2. The van der Waals surface area contributed by atoms with Crippen LogP contribution in [0.15, 0.2) is 0 Å². The van der Waals surface area contributed by atoms with Crippen molar-refractivity contribution in [3.8, 4) is 6.07 Å². The number of nitrogens with one attached hydrogen (secondary N) is 1. The third-order valence-corrected chi connectivity index (χ3v) is 2.60. The average Bonchev–Trinajstić information content (AvgIpc) is 2.98. The highest BCUT2D eigenvalue weighted by atomic mass is 19.3. The maximum Gasteiger partial charge on any atom is 0.324 e. The van der Waals surface area contributed by atoms with Crippen LogP contribution < -0.4 is 11.1 Å². The van der Waals surface area contributed by atoms with Gasteiger partial charge in [-0.3, -0.25) is 9.59 Å². The Morgan fingerprint density at radius 3 is 2.47 bits per heavy atom. The van der Waals surface area contributed by atoms with E-state index < -0.39 is 29.7 Å². The van der Waals surface area contributed by atoms with E-state index in [1.54, 1.807) is 0 Å². The first-order chi connectivity index (χ1) is 7.81. The van der Waals surface area contributed by atoms with Gasteiger partial charge in [0.2, 0.25) is 5.91 Å². The average molecular weight is 245 g/mol. The van der Waals surface area contributed by atoms with E-state index in [4.69, 9.17) is 5.26 Å². The molecule has 0 radical (unpaired) electrons. The van der Waals surface area contributed by atoms with Crippen molar-refractivity contribution in [1.29, 1.82) is 5.26 Å². The van der Waals surface area contributed by atoms with E-state index in [1.165, 1.54) is 0 Å². The number of hydrogen-bond acceptors (Lipinski definition) is 3. The van der Waals surface area contributed by atoms with Crippen molar-refractivity contribution in [3.63, 3.8) is 0 Å². The molecule has 1 saturated carbocycles. The molecule has 94 valence electrons. The van der Waals surface area contributed by atoms with E-state index in [0.717, 1.165) is 0 Å². The van der Waals surface area contributed by atoms with Crippen molar-refractivity contribution in [2.24, 2.45) is 5.73 Å². The van der Waals surface area contributed by atoms with Crippen LogP contribution in [-0.4, -0.2) is 23.3 Å². The van der Waals surface area contributed by atoms with Crippen LogP contribution in [-0.2, 0) is 9.59 Å². The molecule has 1 aliphatic rings. The number of rotatable bonds is 6. The fourth-order valence-corrected chi connectivity index (χ4v) is 1.31. The van der Waals surface area contributed by atoms with Crippen molar-refractivity contribution >= 4 is 11.8 Å². The molecule has 0 aliphatic heterocycles. The van der Waals surface area contributed by atoms with Crippen LogP contribution in [0.2, 0.25) is 0 Å². The van der Waals surface area contributed by atoms with Crippen molar-refractivity contribution in [2.75, 3.05) is 0 Å². The maximum atomic E-state index is 12.8. The van der Waals surface area contributed by atoms with Crippen LogP contribution in [0, 0.1) is 11.3 Å². The second-order valence-electron chi connectivity index (χ2n) is 4.16. The van der Waals surface area contributed by atoms with Crippen LogP contribution in [0.4, 0.5) is 8.78 Å². The Morgan fingerprint density at radius 1 is 1.47 bits per heavy atom. The molecule has 1 rings (SSSR count). The number of nitriles is 1. The lowest BCUT2D eigenvalue weighted by atomic mass is 10.1. The summed E-state index contributed by atoms with van der Waals surface area (Å²) in [5.74, 6) is -5.72. The fourth-order valence-electron chi connectivity index (χ4n) is 1.31. The van der Waals surface area contributed by atoms with Crippen LogP contribution in [0.25, 0.3) is 0 Å². The summed E-state index contributed by atoms with van der Waals surface area (Å²) in [6, 6.07) is 1.95. The van der Waals surface area contributed by atoms with Gasteiger partial charge in [-0.15, -0.1) is 0 Å². The second-order valence-corrected chi connectivity index (χ2v) is 4.16. The van der Waals surface area contributed by atoms with Crippen LogP contribution in [0.1, 0.15) is 32.1 Å². The number of amides is 2. The molecule has 2 amide bonds. The number of halogens is 2. The Kier molecular flexibility index (Phi) is 3.66. The van der Waals surface area contributed by atoms with Gasteiger partial charge in [-0.25, -0.2) is 0 Å². The highest BCUT2D eigenvalue weighted by molar-refractivity contribution is 5.81. The first-order valence-corrected chi connectivity index (χ1v) is 5.21. The third kappa shape index (κ3) is 3.66. The van der Waals surface area contributed by atoms with Crippen molar-refractivity contribution in [3.05, 3.63) is 0 Å². The van der Waals surface area contributed by atoms with Crippen LogP contribution >= 0.6 is 0 Å². The zero-order chi connectivity index (χ0) is 13.1. The van der Waals surface area contributed by atoms with Gasteiger partial charge in [-0.1, -0.05) is 0 Å². The lowest BCUT2D eigenvalue weighted by molar-refractivity contribution is -0.143. The minimum atomic E-state index is -3.58. The van der Waals surface area contributed by atoms with E-state index in [1.807, 2.05) is 6.07 Å². The standard InChI is InChI=1S/C10H13F2N3O2/c11-10(12,8(14)17)3-1-2-7(16)15-9(6-13)4-5-9/h1-5H2,(H2,14,17)(H,15,16). The lowest BCUT2D eigenvalue weighted by Gasteiger charge is -2.12. The van der Waals surface area contributed by atoms with Crippen molar-refractivity contribution in [2.45, 2.75) is 43.6 Å². The minimum absolute atomic E-state index is 0.147. The zero-order valence-corrected chi connectivity index (χ0v) is 9.13. The molecule has 0 spiro atoms. The van der Waals surface area contributed by atoms with Gasteiger partial charge in [0.15, 0.2) is 0 Å². The molecule has 0 atom stereocenters. The van der Waals surface area contributed by atoms with Crippen LogP contribution in [0.5, 0.6) is 0 Å². The Hall–Kier alpha value is -1.71. The van der Waals surface area contributed by atoms with Gasteiger partial charge in [-0.05, 0) is 19.3 Å². The molecule has 0 aromatic rings. The molecule has 0 unspecified atom stereocenters. The Labute approximate surface area is 97.0 Å². The summed E-state index contributed by atoms with van der Waals surface area (Å²) in [5, 5.41) is 11.2. The fraction of sp³-hybridized carbons (Fsp3) is 0.700. The number of primary amides is 1. The predicted octanol–water partition coefficient (Wildman–Crippen LogP) is 0.450. The van der Waals surface area contributed by atoms with Gasteiger partial charge in [0.25, 0.3) is 5.91 Å². The predicted molar refractivity (Wildman–Crippen MR) is 53.7 cm³/mol. The number of carbonyl (C=O) groups excluding carboxylic acids is 2. The van der Waals surface area contributed by atoms with Crippen LogP contribution in [0.3, 0.4) is 0 Å². The van der Waals surface area contributed by atoms with E-state index in [2.05, 4.69) is 11.1 Å². The summed E-state index contributed by atoms with van der Waals surface area (Å²) in [6.07, 6.45) is 0.129.